The van der Waals surface area contributed by atoms with E-state index in [1.54, 1.807) is 0 Å². The van der Waals surface area contributed by atoms with Gasteiger partial charge in [-0.15, -0.1) is 0 Å². The number of hydrogen-bond donors (Lipinski definition) is 20. The van der Waals surface area contributed by atoms with E-state index in [1.165, 1.54) is 0 Å². The van der Waals surface area contributed by atoms with E-state index in [4.69, 9.17) is 9.47 Å². The van der Waals surface area contributed by atoms with Crippen LogP contribution in [0.25, 0.3) is 0 Å². The molecule has 370 valence electrons. The van der Waals surface area contributed by atoms with E-state index in [2.05, 4.69) is 21.3 Å². The zero-order valence-electron chi connectivity index (χ0n) is 34.5. The van der Waals surface area contributed by atoms with Crippen LogP contribution in [0.15, 0.2) is 0 Å². The molecule has 2 saturated heterocycles. The standard InChI is InChI=1S/C36H62N4O22S2/c1-9(43)37-13(35(59)39-19-15(61-17(5-41)25(49)27(19)51)3-11-21(45)29(53)33(57)30(54)22(11)46)7-63-64-8-14(38-10(2)44)36(60)40-20-16(62-18(6-42)26(50)28(20)52)4-12-23(47)31(55)34(58)32(56)24(12)48/h11-34,41-42,45-58H,3-8H2,1-2H3,(H,37,43)(H,38,44)(H,39,59)(H,40,60)/t11?,12?,13-,14+,15?,16?,17?,18?,19?,20?,21?,22?,23?,24?,25?,26?,27?,28?,29?,30?,31?,32?,33?,34?. The van der Waals surface area contributed by atoms with Gasteiger partial charge in [0, 0.05) is 37.2 Å². The highest BCUT2D eigenvalue weighted by atomic mass is 33.1. The second-order valence-corrected chi connectivity index (χ2v) is 19.2. The largest absolute Gasteiger partial charge is 0.394 e. The van der Waals surface area contributed by atoms with Gasteiger partial charge in [0.25, 0.3) is 0 Å². The van der Waals surface area contributed by atoms with Gasteiger partial charge in [0.1, 0.15) is 85.3 Å². The summed E-state index contributed by atoms with van der Waals surface area (Å²) in [4.78, 5) is 51.8. The van der Waals surface area contributed by atoms with Gasteiger partial charge in [-0.05, 0) is 12.8 Å². The lowest BCUT2D eigenvalue weighted by molar-refractivity contribution is -0.229. The van der Waals surface area contributed by atoms with Crippen LogP contribution in [0.2, 0.25) is 0 Å². The number of hydrogen-bond acceptors (Lipinski definition) is 24. The predicted molar refractivity (Wildman–Crippen MR) is 216 cm³/mol. The molecule has 2 aliphatic heterocycles. The van der Waals surface area contributed by atoms with E-state index in [-0.39, 0.29) is 11.5 Å². The summed E-state index contributed by atoms with van der Waals surface area (Å²) in [6.45, 7) is 0.520. The molecule has 18 unspecified atom stereocenters. The summed E-state index contributed by atoms with van der Waals surface area (Å²) in [6, 6.07) is -5.94. The first-order valence-electron chi connectivity index (χ1n) is 20.4. The van der Waals surface area contributed by atoms with Gasteiger partial charge in [0.05, 0.1) is 61.9 Å². The molecule has 64 heavy (non-hydrogen) atoms. The van der Waals surface area contributed by atoms with Crippen molar-refractivity contribution in [1.82, 2.24) is 21.3 Å². The Morgan fingerprint density at radius 1 is 0.438 bits per heavy atom. The summed E-state index contributed by atoms with van der Waals surface area (Å²) < 4.78 is 11.4. The van der Waals surface area contributed by atoms with Crippen molar-refractivity contribution in [2.24, 2.45) is 11.8 Å². The van der Waals surface area contributed by atoms with Crippen LogP contribution in [0.5, 0.6) is 0 Å². The first-order valence-corrected chi connectivity index (χ1v) is 22.9. The molecule has 4 aliphatic rings. The van der Waals surface area contributed by atoms with Gasteiger partial charge >= 0.3 is 0 Å². The number of amides is 4. The van der Waals surface area contributed by atoms with Gasteiger partial charge in [-0.3, -0.25) is 19.2 Å². The van der Waals surface area contributed by atoms with Crippen LogP contribution in [-0.4, -0.2) is 264 Å². The Labute approximate surface area is 373 Å². The average Bonchev–Trinajstić information content (AvgIpc) is 3.25. The van der Waals surface area contributed by atoms with Crippen molar-refractivity contribution in [2.45, 2.75) is 161 Å². The SMILES string of the molecule is CC(=O)N[C@@H](CSSC[C@@H](NC(C)=O)C(=O)NC1C(CC2C(O)C(O)C(O)C(O)C2O)OC(CO)C(O)C1O)C(=O)NC1C(CC2C(O)C(O)C(O)C(O)C2O)OC(CO)C(O)C1O. The summed E-state index contributed by atoms with van der Waals surface area (Å²) in [5.41, 5.74) is 0. The normalized spacial score (nSPS) is 43.7. The molecule has 20 atom stereocenters. The maximum atomic E-state index is 13.7. The lowest BCUT2D eigenvalue weighted by Gasteiger charge is -2.47. The van der Waals surface area contributed by atoms with Gasteiger partial charge in [-0.1, -0.05) is 21.6 Å². The van der Waals surface area contributed by atoms with E-state index in [1.807, 2.05) is 0 Å². The number of rotatable bonds is 17. The third kappa shape index (κ3) is 12.5. The third-order valence-corrected chi connectivity index (χ3v) is 14.6. The van der Waals surface area contributed by atoms with Crippen molar-refractivity contribution in [3.8, 4) is 0 Å². The predicted octanol–water partition coefficient (Wildman–Crippen LogP) is -11.0. The fourth-order valence-corrected chi connectivity index (χ4v) is 10.8. The molecular weight excluding hydrogens is 905 g/mol. The minimum atomic E-state index is -1.92. The van der Waals surface area contributed by atoms with Crippen LogP contribution < -0.4 is 21.3 Å². The molecule has 0 spiro atoms. The molecule has 28 heteroatoms. The second-order valence-electron chi connectivity index (χ2n) is 16.6. The minimum Gasteiger partial charge on any atom is -0.394 e. The van der Waals surface area contributed by atoms with E-state index in [0.29, 0.717) is 0 Å². The van der Waals surface area contributed by atoms with Crippen LogP contribution in [0, 0.1) is 11.8 Å². The van der Waals surface area contributed by atoms with Gasteiger partial charge in [0.2, 0.25) is 23.6 Å². The highest BCUT2D eigenvalue weighted by molar-refractivity contribution is 8.76. The van der Waals surface area contributed by atoms with Crippen molar-refractivity contribution in [2.75, 3.05) is 24.7 Å². The number of nitrogens with one attached hydrogen (secondary N) is 4. The Hall–Kier alpha value is -2.14. The zero-order chi connectivity index (χ0) is 48.1. The molecule has 26 nitrogen and oxygen atoms in total. The van der Waals surface area contributed by atoms with Crippen molar-refractivity contribution < 1.29 is 110 Å². The molecule has 0 aromatic carbocycles. The number of carbonyl (C=O) groups is 4. The molecule has 2 aliphatic carbocycles. The maximum absolute atomic E-state index is 13.7. The lowest BCUT2D eigenvalue weighted by atomic mass is 9.74. The second kappa shape index (κ2) is 23.7. The van der Waals surface area contributed by atoms with Crippen LogP contribution in [0.3, 0.4) is 0 Å². The highest BCUT2D eigenvalue weighted by Gasteiger charge is 2.54. The summed E-state index contributed by atoms with van der Waals surface area (Å²) in [6.07, 6.45) is -32.9. The number of carbonyl (C=O) groups excluding carboxylic acids is 4. The first-order chi connectivity index (χ1) is 30.0. The number of ether oxygens (including phenoxy) is 2. The Balaban J connectivity index is 1.46. The molecular formula is C36H62N4O22S2. The van der Waals surface area contributed by atoms with Crippen LogP contribution in [0.1, 0.15) is 26.7 Å². The molecule has 4 rings (SSSR count). The monoisotopic (exact) mass is 966 g/mol. The van der Waals surface area contributed by atoms with Crippen LogP contribution in [-0.2, 0) is 28.7 Å². The van der Waals surface area contributed by atoms with Gasteiger partial charge in [-0.25, -0.2) is 0 Å². The fourth-order valence-electron chi connectivity index (χ4n) is 8.49. The average molecular weight is 967 g/mol. The van der Waals surface area contributed by atoms with Gasteiger partial charge < -0.3 is 112 Å². The van der Waals surface area contributed by atoms with Crippen molar-refractivity contribution >= 4 is 45.2 Å². The van der Waals surface area contributed by atoms with E-state index in [9.17, 15) is 101 Å². The van der Waals surface area contributed by atoms with Crippen LogP contribution >= 0.6 is 21.6 Å². The van der Waals surface area contributed by atoms with E-state index in [0.717, 1.165) is 35.4 Å². The van der Waals surface area contributed by atoms with E-state index >= 15 is 0 Å². The lowest BCUT2D eigenvalue weighted by Crippen LogP contribution is -2.67. The Morgan fingerprint density at radius 2 is 0.719 bits per heavy atom. The van der Waals surface area contributed by atoms with Crippen LogP contribution in [0.4, 0.5) is 0 Å². The summed E-state index contributed by atoms with van der Waals surface area (Å²) >= 11 is 0. The Kier molecular flexibility index (Phi) is 20.2. The molecule has 4 fully saturated rings. The number of aliphatic hydroxyl groups is 16. The molecule has 0 radical (unpaired) electrons. The third-order valence-electron chi connectivity index (χ3n) is 12.2. The molecule has 0 aromatic rings. The molecule has 2 heterocycles. The molecule has 0 aromatic heterocycles. The Bertz CT molecular complexity index is 1420. The Morgan fingerprint density at radius 3 is 0.984 bits per heavy atom. The van der Waals surface area contributed by atoms with Crippen molar-refractivity contribution in [3.05, 3.63) is 0 Å². The maximum Gasteiger partial charge on any atom is 0.243 e. The highest BCUT2D eigenvalue weighted by Crippen LogP contribution is 2.36. The fraction of sp³-hybridized carbons (Fsp3) is 0.889. The van der Waals surface area contributed by atoms with Gasteiger partial charge in [0.15, 0.2) is 0 Å². The molecule has 4 amide bonds. The van der Waals surface area contributed by atoms with E-state index < -0.39 is 196 Å². The number of aliphatic hydroxyl groups excluding tert-OH is 16. The van der Waals surface area contributed by atoms with Crippen molar-refractivity contribution in [3.63, 3.8) is 0 Å². The minimum absolute atomic E-state index is 0.262. The summed E-state index contributed by atoms with van der Waals surface area (Å²) in [5.74, 6) is -6.71. The molecule has 2 saturated carbocycles. The smallest absolute Gasteiger partial charge is 0.243 e. The zero-order valence-corrected chi connectivity index (χ0v) is 36.2. The van der Waals surface area contributed by atoms with Crippen molar-refractivity contribution in [1.29, 1.82) is 0 Å². The quantitative estimate of drug-likeness (QED) is 0.0475. The molecule has 20 N–H and O–H groups in total. The summed E-state index contributed by atoms with van der Waals surface area (Å²) in [7, 11) is 1.80. The molecule has 0 bridgehead atoms. The summed E-state index contributed by atoms with van der Waals surface area (Å²) in [5, 5.41) is 176. The first kappa shape index (κ1) is 54.5. The topological polar surface area (TPSA) is 459 Å². The van der Waals surface area contributed by atoms with Gasteiger partial charge in [-0.2, -0.15) is 0 Å².